The summed E-state index contributed by atoms with van der Waals surface area (Å²) in [5.41, 5.74) is 0. The van der Waals surface area contributed by atoms with Crippen molar-refractivity contribution < 1.29 is 32.9 Å². The molecule has 0 bridgehead atoms. The molecule has 0 rings (SSSR count). The van der Waals surface area contributed by atoms with Crippen LogP contribution in [0.3, 0.4) is 0 Å². The highest BCUT2D eigenvalue weighted by Crippen LogP contribution is 2.43. The molecule has 0 aromatic rings. The molecule has 0 aliphatic carbocycles. The Hall–Kier alpha value is -0.760. The Balaban J connectivity index is 4.26. The molecule has 0 heterocycles. The molecule has 0 aliphatic rings. The van der Waals surface area contributed by atoms with Crippen molar-refractivity contribution in [3.05, 3.63) is 12.2 Å². The standard InChI is InChI=1S/C48H97N2O6P/c1-6-8-10-12-14-16-18-20-22-23-24-25-26-27-28-30-32-34-36-38-40-42-48(52)49-46(45-56-57(53,54)55-44-43-50(3,4)5)47(51)41-39-37-35-33-31-29-21-19-17-15-13-11-9-7-2/h39,41,46-47,51H,6-38,40,42-45H2,1-5H3,(H-,49,52,53,54)/p+1/b41-39+. The predicted octanol–water partition coefficient (Wildman–Crippen LogP) is 13.9. The minimum absolute atomic E-state index is 0.0648. The maximum atomic E-state index is 12.9. The summed E-state index contributed by atoms with van der Waals surface area (Å²) in [4.78, 5) is 23.2. The molecule has 0 aromatic carbocycles. The Morgan fingerprint density at radius 2 is 0.930 bits per heavy atom. The van der Waals surface area contributed by atoms with Gasteiger partial charge in [0.15, 0.2) is 0 Å². The van der Waals surface area contributed by atoms with Gasteiger partial charge in [0, 0.05) is 6.42 Å². The molecule has 3 unspecified atom stereocenters. The van der Waals surface area contributed by atoms with E-state index in [1.54, 1.807) is 6.08 Å². The van der Waals surface area contributed by atoms with Crippen molar-refractivity contribution >= 4 is 13.7 Å². The highest BCUT2D eigenvalue weighted by Gasteiger charge is 2.27. The lowest BCUT2D eigenvalue weighted by atomic mass is 10.0. The smallest absolute Gasteiger partial charge is 0.387 e. The molecule has 0 spiro atoms. The fourth-order valence-corrected chi connectivity index (χ4v) is 8.07. The molecule has 340 valence electrons. The number of quaternary nitrogens is 1. The highest BCUT2D eigenvalue weighted by atomic mass is 31.2. The molecule has 0 saturated heterocycles. The number of phosphoric acid groups is 1. The predicted molar refractivity (Wildman–Crippen MR) is 245 cm³/mol. The number of aliphatic hydroxyl groups excluding tert-OH is 1. The van der Waals surface area contributed by atoms with Gasteiger partial charge < -0.3 is 19.8 Å². The van der Waals surface area contributed by atoms with Crippen LogP contribution in [0, 0.1) is 0 Å². The van der Waals surface area contributed by atoms with Crippen molar-refractivity contribution in [3.63, 3.8) is 0 Å². The summed E-state index contributed by atoms with van der Waals surface area (Å²) < 4.78 is 23.6. The Bertz CT molecular complexity index is 942. The van der Waals surface area contributed by atoms with Gasteiger partial charge in [-0.05, 0) is 19.3 Å². The zero-order chi connectivity index (χ0) is 42.1. The van der Waals surface area contributed by atoms with E-state index in [9.17, 15) is 19.4 Å². The van der Waals surface area contributed by atoms with Gasteiger partial charge in [0.1, 0.15) is 13.2 Å². The van der Waals surface area contributed by atoms with E-state index in [0.717, 1.165) is 38.5 Å². The first kappa shape index (κ1) is 56.2. The van der Waals surface area contributed by atoms with E-state index < -0.39 is 20.0 Å². The van der Waals surface area contributed by atoms with Gasteiger partial charge in [0.25, 0.3) is 0 Å². The van der Waals surface area contributed by atoms with Crippen molar-refractivity contribution in [2.45, 2.75) is 251 Å². The number of carbonyl (C=O) groups excluding carboxylic acids is 1. The summed E-state index contributed by atoms with van der Waals surface area (Å²) in [6, 6.07) is -0.840. The molecule has 9 heteroatoms. The fraction of sp³-hybridized carbons (Fsp3) is 0.938. The van der Waals surface area contributed by atoms with Crippen LogP contribution in [-0.2, 0) is 18.4 Å². The van der Waals surface area contributed by atoms with Gasteiger partial charge in [-0.2, -0.15) is 0 Å². The molecule has 0 saturated carbocycles. The molecule has 0 radical (unpaired) electrons. The van der Waals surface area contributed by atoms with Crippen LogP contribution in [0.15, 0.2) is 12.2 Å². The van der Waals surface area contributed by atoms with Gasteiger partial charge >= 0.3 is 7.82 Å². The van der Waals surface area contributed by atoms with E-state index in [0.29, 0.717) is 17.4 Å². The zero-order valence-electron chi connectivity index (χ0n) is 38.6. The number of phosphoric ester groups is 1. The molecule has 0 aliphatic heterocycles. The van der Waals surface area contributed by atoms with Gasteiger partial charge in [-0.25, -0.2) is 4.57 Å². The number of rotatable bonds is 45. The molecule has 8 nitrogen and oxygen atoms in total. The van der Waals surface area contributed by atoms with Crippen LogP contribution in [-0.4, -0.2) is 73.4 Å². The molecule has 1 amide bonds. The first-order chi connectivity index (χ1) is 27.5. The maximum Gasteiger partial charge on any atom is 0.472 e. The average Bonchev–Trinajstić information content (AvgIpc) is 3.16. The molecule has 3 N–H and O–H groups in total. The van der Waals surface area contributed by atoms with Gasteiger partial charge in [-0.1, -0.05) is 225 Å². The minimum atomic E-state index is -4.33. The third kappa shape index (κ3) is 43.1. The summed E-state index contributed by atoms with van der Waals surface area (Å²) in [6.07, 6.45) is 47.1. The number of likely N-dealkylation sites (N-methyl/N-ethyl adjacent to an activating group) is 1. The number of carbonyl (C=O) groups is 1. The normalized spacial score (nSPS) is 14.3. The summed E-state index contributed by atoms with van der Waals surface area (Å²) in [5, 5.41) is 13.9. The summed E-state index contributed by atoms with van der Waals surface area (Å²) in [7, 11) is 1.58. The molecular weight excluding hydrogens is 732 g/mol. The average molecular weight is 830 g/mol. The number of hydrogen-bond donors (Lipinski definition) is 3. The van der Waals surface area contributed by atoms with E-state index in [1.165, 1.54) is 180 Å². The highest BCUT2D eigenvalue weighted by molar-refractivity contribution is 7.47. The largest absolute Gasteiger partial charge is 0.472 e. The number of unbranched alkanes of at least 4 members (excludes halogenated alkanes) is 32. The first-order valence-electron chi connectivity index (χ1n) is 24.6. The van der Waals surface area contributed by atoms with Crippen LogP contribution in [0.25, 0.3) is 0 Å². The fourth-order valence-electron chi connectivity index (χ4n) is 7.34. The number of allylic oxidation sites excluding steroid dienone is 1. The summed E-state index contributed by atoms with van der Waals surface area (Å²) >= 11 is 0. The van der Waals surface area contributed by atoms with E-state index in [4.69, 9.17) is 9.05 Å². The second-order valence-electron chi connectivity index (χ2n) is 18.2. The van der Waals surface area contributed by atoms with Crippen molar-refractivity contribution in [1.82, 2.24) is 5.32 Å². The number of hydrogen-bond acceptors (Lipinski definition) is 5. The number of nitrogens with zero attached hydrogens (tertiary/aromatic N) is 1. The number of aliphatic hydroxyl groups is 1. The maximum absolute atomic E-state index is 12.9. The van der Waals surface area contributed by atoms with Gasteiger partial charge in [-0.3, -0.25) is 13.8 Å². The first-order valence-corrected chi connectivity index (χ1v) is 26.1. The summed E-state index contributed by atoms with van der Waals surface area (Å²) in [6.45, 7) is 4.84. The lowest BCUT2D eigenvalue weighted by molar-refractivity contribution is -0.870. The van der Waals surface area contributed by atoms with Gasteiger partial charge in [0.05, 0.1) is 39.9 Å². The van der Waals surface area contributed by atoms with E-state index in [-0.39, 0.29) is 19.1 Å². The second-order valence-corrected chi connectivity index (χ2v) is 19.7. The summed E-state index contributed by atoms with van der Waals surface area (Å²) in [5.74, 6) is -0.173. The minimum Gasteiger partial charge on any atom is -0.387 e. The van der Waals surface area contributed by atoms with Gasteiger partial charge in [-0.15, -0.1) is 0 Å². The van der Waals surface area contributed by atoms with Crippen molar-refractivity contribution in [3.8, 4) is 0 Å². The Morgan fingerprint density at radius 3 is 1.30 bits per heavy atom. The SMILES string of the molecule is CCCCCCCCCCCCCC/C=C/C(O)C(COP(=O)(O)OCC[N+](C)(C)C)NC(=O)CCCCCCCCCCCCCCCCCCCCCCC. The third-order valence-corrected chi connectivity index (χ3v) is 12.2. The zero-order valence-corrected chi connectivity index (χ0v) is 39.5. The molecule has 0 fully saturated rings. The van der Waals surface area contributed by atoms with Crippen LogP contribution in [0.1, 0.15) is 239 Å². The quantitative estimate of drug-likeness (QED) is 0.0244. The van der Waals surface area contributed by atoms with Crippen LogP contribution in [0.4, 0.5) is 0 Å². The van der Waals surface area contributed by atoms with Crippen LogP contribution >= 0.6 is 7.82 Å². The van der Waals surface area contributed by atoms with Crippen molar-refractivity contribution in [1.29, 1.82) is 0 Å². The van der Waals surface area contributed by atoms with Crippen LogP contribution in [0.2, 0.25) is 0 Å². The van der Waals surface area contributed by atoms with Crippen LogP contribution < -0.4 is 5.32 Å². The van der Waals surface area contributed by atoms with Gasteiger partial charge in [0.2, 0.25) is 5.91 Å². The Kier molecular flexibility index (Phi) is 40.1. The van der Waals surface area contributed by atoms with E-state index >= 15 is 0 Å². The molecule has 57 heavy (non-hydrogen) atoms. The Morgan fingerprint density at radius 1 is 0.579 bits per heavy atom. The van der Waals surface area contributed by atoms with Crippen molar-refractivity contribution in [2.75, 3.05) is 40.9 Å². The third-order valence-electron chi connectivity index (χ3n) is 11.3. The van der Waals surface area contributed by atoms with E-state index in [1.807, 2.05) is 27.2 Å². The monoisotopic (exact) mass is 830 g/mol. The molecule has 3 atom stereocenters. The Labute approximate surface area is 354 Å². The lowest BCUT2D eigenvalue weighted by Crippen LogP contribution is -2.45. The van der Waals surface area contributed by atoms with Crippen molar-refractivity contribution in [2.24, 2.45) is 0 Å². The lowest BCUT2D eigenvalue weighted by Gasteiger charge is -2.25. The molecule has 0 aromatic heterocycles. The number of amides is 1. The topological polar surface area (TPSA) is 105 Å². The number of nitrogens with one attached hydrogen (secondary N) is 1. The second kappa shape index (κ2) is 40.6. The molecular formula is C48H98N2O6P+. The van der Waals surface area contributed by atoms with E-state index in [2.05, 4.69) is 19.2 Å². The van der Waals surface area contributed by atoms with Crippen LogP contribution in [0.5, 0.6) is 0 Å².